The summed E-state index contributed by atoms with van der Waals surface area (Å²) < 4.78 is 6.48. The fourth-order valence-corrected chi connectivity index (χ4v) is 6.98. The van der Waals surface area contributed by atoms with Crippen LogP contribution in [0.5, 0.6) is 0 Å². The van der Waals surface area contributed by atoms with Crippen LogP contribution in [0.2, 0.25) is 0 Å². The Morgan fingerprint density at radius 1 is 0.519 bits per heavy atom. The number of furan rings is 1. The summed E-state index contributed by atoms with van der Waals surface area (Å²) in [5.41, 5.74) is 10.0. The molecule has 0 aliphatic heterocycles. The van der Waals surface area contributed by atoms with E-state index in [1.165, 1.54) is 21.9 Å². The van der Waals surface area contributed by atoms with Gasteiger partial charge < -0.3 is 4.42 Å². The van der Waals surface area contributed by atoms with E-state index in [9.17, 15) is 0 Å². The van der Waals surface area contributed by atoms with E-state index < -0.39 is 0 Å². The first-order valence-corrected chi connectivity index (χ1v) is 18.1. The quantitative estimate of drug-likeness (QED) is 0.149. The van der Waals surface area contributed by atoms with Crippen molar-refractivity contribution in [2.45, 2.75) is 6.92 Å². The molecule has 0 aliphatic carbocycles. The molecule has 2 aromatic heterocycles. The topological polar surface area (TPSA) is 51.8 Å². The van der Waals surface area contributed by atoms with E-state index in [1.54, 1.807) is 0 Å². The number of nitrogens with zero attached hydrogens (tertiary/aromatic N) is 3. The molecule has 0 spiro atoms. The third kappa shape index (κ3) is 6.53. The monoisotopic (exact) mass is 693 g/mol. The summed E-state index contributed by atoms with van der Waals surface area (Å²) >= 11 is 0. The van der Waals surface area contributed by atoms with Gasteiger partial charge in [0, 0.05) is 27.5 Å². The van der Waals surface area contributed by atoms with Crippen LogP contribution in [-0.2, 0) is 0 Å². The normalized spacial score (nSPS) is 12.1. The summed E-state index contributed by atoms with van der Waals surface area (Å²) in [5.74, 6) is 1.83. The summed E-state index contributed by atoms with van der Waals surface area (Å²) in [6.07, 6.45) is 10.6. The first kappa shape index (κ1) is 32.7. The molecule has 256 valence electrons. The van der Waals surface area contributed by atoms with E-state index in [4.69, 9.17) is 19.4 Å². The Morgan fingerprint density at radius 2 is 1.17 bits per heavy atom. The van der Waals surface area contributed by atoms with Gasteiger partial charge in [-0.1, -0.05) is 170 Å². The van der Waals surface area contributed by atoms with E-state index in [2.05, 4.69) is 146 Å². The van der Waals surface area contributed by atoms with Crippen molar-refractivity contribution in [1.29, 1.82) is 0 Å². The van der Waals surface area contributed by atoms with Crippen molar-refractivity contribution in [1.82, 2.24) is 15.0 Å². The number of rotatable bonds is 8. The van der Waals surface area contributed by atoms with Gasteiger partial charge in [-0.05, 0) is 69.8 Å². The van der Waals surface area contributed by atoms with Gasteiger partial charge in [-0.2, -0.15) is 0 Å². The minimum absolute atomic E-state index is 0.596. The van der Waals surface area contributed by atoms with Crippen molar-refractivity contribution in [2.24, 2.45) is 0 Å². The zero-order valence-corrected chi connectivity index (χ0v) is 29.7. The van der Waals surface area contributed by atoms with Crippen LogP contribution in [0.1, 0.15) is 18.1 Å². The summed E-state index contributed by atoms with van der Waals surface area (Å²) in [6.45, 7) is 2.05. The van der Waals surface area contributed by atoms with E-state index in [0.29, 0.717) is 17.5 Å². The summed E-state index contributed by atoms with van der Waals surface area (Å²) in [4.78, 5) is 15.1. The molecule has 9 rings (SSSR count). The van der Waals surface area contributed by atoms with Gasteiger partial charge in [0.15, 0.2) is 17.5 Å². The Hall–Kier alpha value is -7.17. The Bertz CT molecular complexity index is 2870. The molecular weight excluding hydrogens is 659 g/mol. The van der Waals surface area contributed by atoms with Gasteiger partial charge in [-0.3, -0.25) is 0 Å². The van der Waals surface area contributed by atoms with Gasteiger partial charge in [0.05, 0.1) is 0 Å². The molecule has 2 heterocycles. The van der Waals surface area contributed by atoms with Crippen LogP contribution >= 0.6 is 0 Å². The minimum Gasteiger partial charge on any atom is -0.456 e. The number of benzene rings is 7. The number of aromatic nitrogens is 3. The SMILES string of the molecule is C\C=C/C(=C\C=C\c1ccc2c(c1)oc1cccc(-c3nc(-c4ccccc4)nc(-c4ccc(-c5ccccc5)cc4)n3)c12)c1ccc2ccccc2c1. The van der Waals surface area contributed by atoms with Gasteiger partial charge in [0.2, 0.25) is 0 Å². The standard InChI is InChI=1S/C50H35N3O/c1-2-13-35(42-30-27-37-17-9-10-20-41(37)33-42)21-11-14-34-24-31-43-46(32-34)54-45-23-12-22-44(47(43)45)50-52-48(39-18-7-4-8-19-39)51-49(53-50)40-28-25-38(26-29-40)36-15-5-3-6-16-36/h2-33H,1H3/b13-2-,14-11+,35-21+. The molecule has 54 heavy (non-hydrogen) atoms. The van der Waals surface area contributed by atoms with Crippen molar-refractivity contribution >= 4 is 44.4 Å². The average molecular weight is 694 g/mol. The van der Waals surface area contributed by atoms with Crippen LogP contribution in [0.4, 0.5) is 0 Å². The minimum atomic E-state index is 0.596. The first-order valence-electron chi connectivity index (χ1n) is 18.1. The number of hydrogen-bond acceptors (Lipinski definition) is 4. The molecule has 0 aliphatic rings. The lowest BCUT2D eigenvalue weighted by molar-refractivity contribution is 0.669. The van der Waals surface area contributed by atoms with Crippen LogP contribution < -0.4 is 0 Å². The molecule has 4 heteroatoms. The molecule has 0 fully saturated rings. The molecule has 0 radical (unpaired) electrons. The molecule has 0 saturated heterocycles. The highest BCUT2D eigenvalue weighted by Gasteiger charge is 2.18. The molecule has 0 atom stereocenters. The van der Waals surface area contributed by atoms with Gasteiger partial charge in [-0.15, -0.1) is 0 Å². The molecule has 0 unspecified atom stereocenters. The lowest BCUT2D eigenvalue weighted by Crippen LogP contribution is -2.00. The maximum atomic E-state index is 6.48. The van der Waals surface area contributed by atoms with Gasteiger partial charge in [-0.25, -0.2) is 15.0 Å². The van der Waals surface area contributed by atoms with Crippen LogP contribution in [0.3, 0.4) is 0 Å². The largest absolute Gasteiger partial charge is 0.456 e. The molecule has 0 amide bonds. The van der Waals surface area contributed by atoms with Crippen LogP contribution in [-0.4, -0.2) is 15.0 Å². The Kier molecular flexibility index (Phi) is 8.76. The highest BCUT2D eigenvalue weighted by atomic mass is 16.3. The fraction of sp³-hybridized carbons (Fsp3) is 0.0200. The first-order chi connectivity index (χ1) is 26.7. The fourth-order valence-electron chi connectivity index (χ4n) is 6.98. The predicted molar refractivity (Wildman–Crippen MR) is 225 cm³/mol. The highest BCUT2D eigenvalue weighted by molar-refractivity contribution is 6.12. The molecule has 9 aromatic rings. The zero-order chi connectivity index (χ0) is 36.3. The van der Waals surface area contributed by atoms with Crippen LogP contribution in [0.15, 0.2) is 193 Å². The Morgan fingerprint density at radius 3 is 1.93 bits per heavy atom. The van der Waals surface area contributed by atoms with E-state index in [0.717, 1.165) is 55.3 Å². The van der Waals surface area contributed by atoms with Crippen molar-refractivity contribution < 1.29 is 4.42 Å². The summed E-state index contributed by atoms with van der Waals surface area (Å²) in [7, 11) is 0. The smallest absolute Gasteiger partial charge is 0.164 e. The van der Waals surface area contributed by atoms with Crippen molar-refractivity contribution in [3.05, 3.63) is 199 Å². The van der Waals surface area contributed by atoms with E-state index in [-0.39, 0.29) is 0 Å². The Balaban J connectivity index is 1.09. The molecule has 0 saturated carbocycles. The summed E-state index contributed by atoms with van der Waals surface area (Å²) in [6, 6.07) is 56.3. The predicted octanol–water partition coefficient (Wildman–Crippen LogP) is 13.3. The second-order valence-electron chi connectivity index (χ2n) is 13.2. The average Bonchev–Trinajstić information content (AvgIpc) is 3.62. The third-order valence-electron chi connectivity index (χ3n) is 9.67. The van der Waals surface area contributed by atoms with Crippen molar-refractivity contribution in [3.63, 3.8) is 0 Å². The summed E-state index contributed by atoms with van der Waals surface area (Å²) in [5, 5.41) is 4.45. The van der Waals surface area contributed by atoms with Gasteiger partial charge in [0.1, 0.15) is 11.2 Å². The lowest BCUT2D eigenvalue weighted by atomic mass is 10.0. The van der Waals surface area contributed by atoms with Crippen molar-refractivity contribution in [3.8, 4) is 45.3 Å². The Labute approximate surface area is 314 Å². The maximum Gasteiger partial charge on any atom is 0.164 e. The number of hydrogen-bond donors (Lipinski definition) is 0. The van der Waals surface area contributed by atoms with Crippen LogP contribution in [0.25, 0.3) is 89.7 Å². The van der Waals surface area contributed by atoms with Gasteiger partial charge >= 0.3 is 0 Å². The van der Waals surface area contributed by atoms with E-state index in [1.807, 2.05) is 55.5 Å². The zero-order valence-electron chi connectivity index (χ0n) is 29.7. The van der Waals surface area contributed by atoms with Gasteiger partial charge in [0.25, 0.3) is 0 Å². The lowest BCUT2D eigenvalue weighted by Gasteiger charge is -2.10. The van der Waals surface area contributed by atoms with Crippen molar-refractivity contribution in [2.75, 3.05) is 0 Å². The molecule has 4 nitrogen and oxygen atoms in total. The van der Waals surface area contributed by atoms with E-state index >= 15 is 0 Å². The van der Waals surface area contributed by atoms with Crippen LogP contribution in [0, 0.1) is 0 Å². The number of fused-ring (bicyclic) bond motifs is 4. The molecule has 7 aromatic carbocycles. The molecular formula is C50H35N3O. The third-order valence-corrected chi connectivity index (χ3v) is 9.67. The number of allylic oxidation sites excluding steroid dienone is 5. The maximum absolute atomic E-state index is 6.48. The second-order valence-corrected chi connectivity index (χ2v) is 13.2. The second kappa shape index (κ2) is 14.5. The highest BCUT2D eigenvalue weighted by Crippen LogP contribution is 2.37. The molecule has 0 N–H and O–H groups in total. The molecule has 0 bridgehead atoms.